The van der Waals surface area contributed by atoms with Gasteiger partial charge in [-0.05, 0) is 54.1 Å². The zero-order chi connectivity index (χ0) is 21.4. The van der Waals surface area contributed by atoms with Gasteiger partial charge < -0.3 is 25.1 Å². The zero-order valence-electron chi connectivity index (χ0n) is 17.6. The minimum Gasteiger partial charge on any atom is -0.451 e. The average Bonchev–Trinajstić information content (AvgIpc) is 3.18. The van der Waals surface area contributed by atoms with Gasteiger partial charge in [0, 0.05) is 62.2 Å². The van der Waals surface area contributed by atoms with Crippen LogP contribution in [-0.4, -0.2) is 45.9 Å². The fourth-order valence-electron chi connectivity index (χ4n) is 4.32. The second-order valence-electron chi connectivity index (χ2n) is 7.96. The molecule has 1 fully saturated rings. The topological polar surface area (TPSA) is 84.0 Å². The Balaban J connectivity index is 1.56. The number of piperazine rings is 1. The highest BCUT2D eigenvalue weighted by molar-refractivity contribution is 6.07. The van der Waals surface area contributed by atoms with Crippen molar-refractivity contribution in [3.63, 3.8) is 0 Å². The second kappa shape index (κ2) is 8.09. The molecule has 160 valence electrons. The van der Waals surface area contributed by atoms with Gasteiger partial charge in [-0.2, -0.15) is 0 Å². The number of furan rings is 1. The van der Waals surface area contributed by atoms with Crippen molar-refractivity contribution >= 4 is 23.0 Å². The van der Waals surface area contributed by atoms with Gasteiger partial charge in [0.2, 0.25) is 0 Å². The standard InChI is InChI=1S/C24H26N4O3/c1-30-15-28-21-7-6-20(27-10-8-26-9-11-27)13-17(21)12-18-14-22(31-23(18)24(28)29)16-2-4-19(25)5-3-16/h2-7,13-14,26H,8-12,15,25H2,1H3. The number of hydrogen-bond acceptors (Lipinski definition) is 6. The van der Waals surface area contributed by atoms with Crippen molar-refractivity contribution in [1.29, 1.82) is 0 Å². The molecular formula is C24H26N4O3. The molecule has 2 aliphatic heterocycles. The highest BCUT2D eigenvalue weighted by Crippen LogP contribution is 2.37. The number of nitrogens with zero attached hydrogens (tertiary/aromatic N) is 2. The summed E-state index contributed by atoms with van der Waals surface area (Å²) < 4.78 is 11.4. The van der Waals surface area contributed by atoms with Gasteiger partial charge >= 0.3 is 0 Å². The molecule has 0 saturated carbocycles. The number of amides is 1. The third kappa shape index (κ3) is 3.66. The SMILES string of the molecule is COCN1C(=O)c2oc(-c3ccc(N)cc3)cc2Cc2cc(N3CCNCC3)ccc21. The number of carbonyl (C=O) groups excluding carboxylic acids is 1. The molecule has 7 heteroatoms. The van der Waals surface area contributed by atoms with E-state index in [0.29, 0.717) is 23.6 Å². The molecule has 5 rings (SSSR count). The lowest BCUT2D eigenvalue weighted by Crippen LogP contribution is -2.43. The van der Waals surface area contributed by atoms with Gasteiger partial charge in [0.15, 0.2) is 5.76 Å². The first-order chi connectivity index (χ1) is 15.1. The van der Waals surface area contributed by atoms with Crippen LogP contribution in [0, 0.1) is 0 Å². The van der Waals surface area contributed by atoms with Gasteiger partial charge in [-0.15, -0.1) is 0 Å². The van der Waals surface area contributed by atoms with E-state index < -0.39 is 0 Å². The maximum Gasteiger partial charge on any atom is 0.296 e. The highest BCUT2D eigenvalue weighted by atomic mass is 16.5. The van der Waals surface area contributed by atoms with Crippen LogP contribution in [0.1, 0.15) is 21.7 Å². The molecule has 2 aromatic carbocycles. The van der Waals surface area contributed by atoms with Crippen LogP contribution in [0.5, 0.6) is 0 Å². The first kappa shape index (κ1) is 19.7. The average molecular weight is 418 g/mol. The third-order valence-electron chi connectivity index (χ3n) is 5.92. The number of fused-ring (bicyclic) bond motifs is 2. The predicted octanol–water partition coefficient (Wildman–Crippen LogP) is 3.09. The molecule has 0 unspecified atom stereocenters. The van der Waals surface area contributed by atoms with E-state index >= 15 is 0 Å². The quantitative estimate of drug-likeness (QED) is 0.634. The van der Waals surface area contributed by atoms with E-state index in [0.717, 1.165) is 48.6 Å². The Labute approximate surface area is 181 Å². The van der Waals surface area contributed by atoms with Gasteiger partial charge in [-0.25, -0.2) is 0 Å². The molecular weight excluding hydrogens is 392 g/mol. The highest BCUT2D eigenvalue weighted by Gasteiger charge is 2.31. The Hall–Kier alpha value is -3.29. The number of carbonyl (C=O) groups is 1. The Morgan fingerprint density at radius 1 is 1.06 bits per heavy atom. The number of methoxy groups -OCH3 is 1. The summed E-state index contributed by atoms with van der Waals surface area (Å²) in [5.74, 6) is 0.841. The fraction of sp³-hybridized carbons (Fsp3) is 0.292. The summed E-state index contributed by atoms with van der Waals surface area (Å²) in [6.07, 6.45) is 0.620. The van der Waals surface area contributed by atoms with Gasteiger partial charge in [0.05, 0.1) is 5.69 Å². The lowest BCUT2D eigenvalue weighted by atomic mass is 10.0. The number of ether oxygens (including phenoxy) is 1. The van der Waals surface area contributed by atoms with Crippen LogP contribution in [0.2, 0.25) is 0 Å². The van der Waals surface area contributed by atoms with E-state index in [2.05, 4.69) is 22.3 Å². The van der Waals surface area contributed by atoms with Crippen molar-refractivity contribution in [2.24, 2.45) is 0 Å². The van der Waals surface area contributed by atoms with Crippen molar-refractivity contribution in [2.75, 3.05) is 55.6 Å². The molecule has 2 aliphatic rings. The van der Waals surface area contributed by atoms with E-state index in [9.17, 15) is 4.79 Å². The van der Waals surface area contributed by atoms with Gasteiger partial charge in [-0.3, -0.25) is 9.69 Å². The van der Waals surface area contributed by atoms with Crippen LogP contribution in [0.3, 0.4) is 0 Å². The molecule has 3 N–H and O–H groups in total. The first-order valence-corrected chi connectivity index (χ1v) is 10.5. The van der Waals surface area contributed by atoms with Crippen LogP contribution in [0.4, 0.5) is 17.1 Å². The minimum atomic E-state index is -0.188. The summed E-state index contributed by atoms with van der Waals surface area (Å²) in [4.78, 5) is 17.4. The molecule has 0 spiro atoms. The van der Waals surface area contributed by atoms with E-state index in [-0.39, 0.29) is 12.6 Å². The van der Waals surface area contributed by atoms with Gasteiger partial charge in [-0.1, -0.05) is 0 Å². The molecule has 1 amide bonds. The number of nitrogens with one attached hydrogen (secondary N) is 1. The summed E-state index contributed by atoms with van der Waals surface area (Å²) in [7, 11) is 1.59. The summed E-state index contributed by atoms with van der Waals surface area (Å²) in [6, 6.07) is 15.7. The van der Waals surface area contributed by atoms with Crippen LogP contribution in [0.15, 0.2) is 52.9 Å². The largest absolute Gasteiger partial charge is 0.451 e. The summed E-state index contributed by atoms with van der Waals surface area (Å²) in [6.45, 7) is 4.05. The molecule has 0 bridgehead atoms. The van der Waals surface area contributed by atoms with E-state index in [1.165, 1.54) is 5.69 Å². The zero-order valence-corrected chi connectivity index (χ0v) is 17.6. The maximum atomic E-state index is 13.4. The molecule has 3 heterocycles. The van der Waals surface area contributed by atoms with Gasteiger partial charge in [0.1, 0.15) is 12.5 Å². The molecule has 7 nitrogen and oxygen atoms in total. The number of rotatable bonds is 4. The molecule has 0 aliphatic carbocycles. The summed E-state index contributed by atoms with van der Waals surface area (Å²) >= 11 is 0. The minimum absolute atomic E-state index is 0.163. The van der Waals surface area contributed by atoms with Crippen LogP contribution in [-0.2, 0) is 11.2 Å². The van der Waals surface area contributed by atoms with Crippen LogP contribution < -0.4 is 20.9 Å². The fourth-order valence-corrected chi connectivity index (χ4v) is 4.32. The summed E-state index contributed by atoms with van der Waals surface area (Å²) in [5, 5.41) is 3.39. The molecule has 1 saturated heterocycles. The number of hydrogen-bond donors (Lipinski definition) is 2. The first-order valence-electron chi connectivity index (χ1n) is 10.5. The Morgan fingerprint density at radius 2 is 1.84 bits per heavy atom. The van der Waals surface area contributed by atoms with Crippen molar-refractivity contribution in [2.45, 2.75) is 6.42 Å². The normalized spacial score (nSPS) is 16.1. The number of benzene rings is 2. The molecule has 0 radical (unpaired) electrons. The molecule has 3 aromatic rings. The van der Waals surface area contributed by atoms with Crippen LogP contribution >= 0.6 is 0 Å². The number of nitrogen functional groups attached to an aromatic ring is 1. The van der Waals surface area contributed by atoms with Crippen molar-refractivity contribution < 1.29 is 13.9 Å². The monoisotopic (exact) mass is 418 g/mol. The lowest BCUT2D eigenvalue weighted by molar-refractivity contribution is 0.0910. The lowest BCUT2D eigenvalue weighted by Gasteiger charge is -2.30. The Morgan fingerprint density at radius 3 is 2.58 bits per heavy atom. The Bertz CT molecular complexity index is 1100. The van der Waals surface area contributed by atoms with Crippen molar-refractivity contribution in [3.05, 3.63) is 65.4 Å². The van der Waals surface area contributed by atoms with E-state index in [1.807, 2.05) is 36.4 Å². The molecule has 31 heavy (non-hydrogen) atoms. The number of nitrogens with two attached hydrogens (primary N) is 1. The Kier molecular flexibility index (Phi) is 5.13. The smallest absolute Gasteiger partial charge is 0.296 e. The number of anilines is 3. The predicted molar refractivity (Wildman–Crippen MR) is 122 cm³/mol. The molecule has 0 atom stereocenters. The van der Waals surface area contributed by atoms with Crippen molar-refractivity contribution in [3.8, 4) is 11.3 Å². The second-order valence-corrected chi connectivity index (χ2v) is 7.96. The van der Waals surface area contributed by atoms with Crippen LogP contribution in [0.25, 0.3) is 11.3 Å². The van der Waals surface area contributed by atoms with E-state index in [1.54, 1.807) is 12.0 Å². The van der Waals surface area contributed by atoms with E-state index in [4.69, 9.17) is 14.9 Å². The maximum absolute atomic E-state index is 13.4. The van der Waals surface area contributed by atoms with Gasteiger partial charge in [0.25, 0.3) is 5.91 Å². The van der Waals surface area contributed by atoms with Crippen molar-refractivity contribution in [1.82, 2.24) is 5.32 Å². The third-order valence-corrected chi connectivity index (χ3v) is 5.92. The molecule has 1 aromatic heterocycles. The summed E-state index contributed by atoms with van der Waals surface area (Å²) in [5.41, 5.74) is 11.4.